The van der Waals surface area contributed by atoms with E-state index >= 15 is 0 Å². The summed E-state index contributed by atoms with van der Waals surface area (Å²) in [6, 6.07) is 1.64. The molecule has 2 heteroatoms. The quantitative estimate of drug-likeness (QED) is 0.751. The first-order chi connectivity index (χ1) is 7.18. The van der Waals surface area contributed by atoms with Gasteiger partial charge in [-0.1, -0.05) is 20.3 Å². The molecule has 0 radical (unpaired) electrons. The number of rotatable bonds is 2. The number of hydrogen-bond acceptors (Lipinski definition) is 2. The van der Waals surface area contributed by atoms with Crippen LogP contribution in [-0.2, 0) is 0 Å². The molecule has 2 fully saturated rings. The molecular weight excluding hydrogens is 184 g/mol. The van der Waals surface area contributed by atoms with Gasteiger partial charge < -0.3 is 10.2 Å². The molecule has 2 nitrogen and oxygen atoms in total. The summed E-state index contributed by atoms with van der Waals surface area (Å²) in [7, 11) is 2.31. The molecular formula is C13H26N2. The normalized spacial score (nSPS) is 38.0. The molecule has 15 heavy (non-hydrogen) atoms. The van der Waals surface area contributed by atoms with Crippen LogP contribution in [0.1, 0.15) is 39.5 Å². The lowest BCUT2D eigenvalue weighted by Gasteiger charge is -2.33. The second-order valence-corrected chi connectivity index (χ2v) is 5.83. The molecule has 1 aliphatic heterocycles. The number of fused-ring (bicyclic) bond motifs is 1. The molecule has 1 saturated carbocycles. The van der Waals surface area contributed by atoms with Gasteiger partial charge in [0.2, 0.25) is 0 Å². The van der Waals surface area contributed by atoms with E-state index in [1.54, 1.807) is 0 Å². The molecule has 2 aliphatic rings. The van der Waals surface area contributed by atoms with Crippen molar-refractivity contribution < 1.29 is 0 Å². The van der Waals surface area contributed by atoms with E-state index in [-0.39, 0.29) is 0 Å². The number of hydrogen-bond donors (Lipinski definition) is 1. The van der Waals surface area contributed by atoms with Gasteiger partial charge >= 0.3 is 0 Å². The van der Waals surface area contributed by atoms with Crippen LogP contribution in [0, 0.1) is 11.8 Å². The fourth-order valence-corrected chi connectivity index (χ4v) is 3.46. The van der Waals surface area contributed by atoms with Crippen molar-refractivity contribution in [1.29, 1.82) is 0 Å². The van der Waals surface area contributed by atoms with E-state index in [4.69, 9.17) is 0 Å². The second-order valence-electron chi connectivity index (χ2n) is 5.83. The van der Waals surface area contributed by atoms with Gasteiger partial charge in [0.05, 0.1) is 0 Å². The highest BCUT2D eigenvalue weighted by atomic mass is 15.2. The first-order valence-corrected chi connectivity index (χ1v) is 6.62. The minimum Gasteiger partial charge on any atom is -0.312 e. The Bertz CT molecular complexity index is 203. The first kappa shape index (κ1) is 11.4. The van der Waals surface area contributed by atoms with Gasteiger partial charge in [-0.2, -0.15) is 0 Å². The molecule has 0 bridgehead atoms. The largest absolute Gasteiger partial charge is 0.312 e. The van der Waals surface area contributed by atoms with E-state index in [1.807, 2.05) is 0 Å². The summed E-state index contributed by atoms with van der Waals surface area (Å²) in [6.45, 7) is 7.13. The smallest absolute Gasteiger partial charge is 0.0138 e. The maximum absolute atomic E-state index is 3.74. The number of likely N-dealkylation sites (N-methyl/N-ethyl adjacent to an activating group) is 1. The Kier molecular flexibility index (Phi) is 3.68. The zero-order valence-electron chi connectivity index (χ0n) is 10.5. The molecule has 1 heterocycles. The highest BCUT2D eigenvalue weighted by molar-refractivity contribution is 4.94. The molecule has 3 atom stereocenters. The Balaban J connectivity index is 2.06. The third kappa shape index (κ3) is 2.54. The first-order valence-electron chi connectivity index (χ1n) is 6.62. The van der Waals surface area contributed by atoms with Crippen LogP contribution in [0.5, 0.6) is 0 Å². The van der Waals surface area contributed by atoms with Crippen LogP contribution >= 0.6 is 0 Å². The molecule has 2 rings (SSSR count). The average Bonchev–Trinajstić information content (AvgIpc) is 2.57. The van der Waals surface area contributed by atoms with Crippen molar-refractivity contribution >= 4 is 0 Å². The maximum Gasteiger partial charge on any atom is 0.0138 e. The van der Waals surface area contributed by atoms with Gasteiger partial charge in [-0.3, -0.25) is 0 Å². The van der Waals surface area contributed by atoms with Gasteiger partial charge in [-0.25, -0.2) is 0 Å². The van der Waals surface area contributed by atoms with Crippen LogP contribution in [0.2, 0.25) is 0 Å². The standard InChI is InChI=1S/C13H26N2/c1-10(2)9-13-11-5-4-6-12(11)14-7-8-15(13)3/h10-14H,4-9H2,1-3H3/t11-,12?,13+/m0/s1. The summed E-state index contributed by atoms with van der Waals surface area (Å²) in [4.78, 5) is 2.60. The van der Waals surface area contributed by atoms with Crippen LogP contribution in [-0.4, -0.2) is 37.1 Å². The minimum absolute atomic E-state index is 0.818. The fourth-order valence-electron chi connectivity index (χ4n) is 3.46. The van der Waals surface area contributed by atoms with E-state index in [9.17, 15) is 0 Å². The summed E-state index contributed by atoms with van der Waals surface area (Å²) >= 11 is 0. The van der Waals surface area contributed by atoms with Crippen molar-refractivity contribution in [2.45, 2.75) is 51.6 Å². The van der Waals surface area contributed by atoms with E-state index < -0.39 is 0 Å². The SMILES string of the molecule is CC(C)C[C@@H]1[C@H]2CCCC2NCCN1C. The van der Waals surface area contributed by atoms with Crippen LogP contribution < -0.4 is 5.32 Å². The third-order valence-electron chi connectivity index (χ3n) is 4.21. The molecule has 0 aromatic carbocycles. The van der Waals surface area contributed by atoms with Gasteiger partial charge in [-0.05, 0) is 38.1 Å². The Labute approximate surface area is 94.4 Å². The Morgan fingerprint density at radius 3 is 2.87 bits per heavy atom. The molecule has 0 aromatic heterocycles. The van der Waals surface area contributed by atoms with Crippen LogP contribution in [0.4, 0.5) is 0 Å². The summed E-state index contributed by atoms with van der Waals surface area (Å²) in [5.74, 6) is 1.75. The molecule has 1 N–H and O–H groups in total. The predicted molar refractivity (Wildman–Crippen MR) is 65.0 cm³/mol. The molecule has 1 saturated heterocycles. The van der Waals surface area contributed by atoms with Gasteiger partial charge in [-0.15, -0.1) is 0 Å². The lowest BCUT2D eigenvalue weighted by molar-refractivity contribution is 0.164. The number of nitrogens with zero attached hydrogens (tertiary/aromatic N) is 1. The molecule has 0 aromatic rings. The van der Waals surface area contributed by atoms with Crippen molar-refractivity contribution in [3.63, 3.8) is 0 Å². The Hall–Kier alpha value is -0.0800. The highest BCUT2D eigenvalue weighted by Gasteiger charge is 2.37. The number of nitrogens with one attached hydrogen (secondary N) is 1. The zero-order chi connectivity index (χ0) is 10.8. The maximum atomic E-state index is 3.74. The third-order valence-corrected chi connectivity index (χ3v) is 4.21. The van der Waals surface area contributed by atoms with E-state index in [1.165, 1.54) is 38.8 Å². The summed E-state index contributed by atoms with van der Waals surface area (Å²) in [5.41, 5.74) is 0. The lowest BCUT2D eigenvalue weighted by atomic mass is 9.88. The topological polar surface area (TPSA) is 15.3 Å². The van der Waals surface area contributed by atoms with Gasteiger partial charge in [0, 0.05) is 25.2 Å². The van der Waals surface area contributed by atoms with Gasteiger partial charge in [0.15, 0.2) is 0 Å². The van der Waals surface area contributed by atoms with Crippen molar-refractivity contribution in [2.24, 2.45) is 11.8 Å². The van der Waals surface area contributed by atoms with Crippen molar-refractivity contribution in [3.05, 3.63) is 0 Å². The molecule has 1 unspecified atom stereocenters. The monoisotopic (exact) mass is 210 g/mol. The Morgan fingerprint density at radius 1 is 1.33 bits per heavy atom. The van der Waals surface area contributed by atoms with Crippen molar-refractivity contribution in [3.8, 4) is 0 Å². The fraction of sp³-hybridized carbons (Fsp3) is 1.00. The lowest BCUT2D eigenvalue weighted by Crippen LogP contribution is -2.41. The van der Waals surface area contributed by atoms with Gasteiger partial charge in [0.1, 0.15) is 0 Å². The summed E-state index contributed by atoms with van der Waals surface area (Å²) < 4.78 is 0. The predicted octanol–water partition coefficient (Wildman–Crippen LogP) is 2.10. The Morgan fingerprint density at radius 2 is 2.13 bits per heavy atom. The van der Waals surface area contributed by atoms with E-state index in [0.29, 0.717) is 0 Å². The molecule has 88 valence electrons. The molecule has 0 amide bonds. The van der Waals surface area contributed by atoms with Crippen LogP contribution in [0.25, 0.3) is 0 Å². The minimum atomic E-state index is 0.818. The average molecular weight is 210 g/mol. The van der Waals surface area contributed by atoms with Crippen molar-refractivity contribution in [1.82, 2.24) is 10.2 Å². The van der Waals surface area contributed by atoms with Gasteiger partial charge in [0.25, 0.3) is 0 Å². The van der Waals surface area contributed by atoms with E-state index in [2.05, 4.69) is 31.1 Å². The van der Waals surface area contributed by atoms with Crippen LogP contribution in [0.3, 0.4) is 0 Å². The second kappa shape index (κ2) is 4.84. The summed E-state index contributed by atoms with van der Waals surface area (Å²) in [5, 5.41) is 3.74. The molecule has 1 aliphatic carbocycles. The van der Waals surface area contributed by atoms with Crippen LogP contribution in [0.15, 0.2) is 0 Å². The zero-order valence-corrected chi connectivity index (χ0v) is 10.5. The molecule has 0 spiro atoms. The summed E-state index contributed by atoms with van der Waals surface area (Å²) in [6.07, 6.45) is 5.66. The van der Waals surface area contributed by atoms with E-state index in [0.717, 1.165) is 23.9 Å². The van der Waals surface area contributed by atoms with Crippen molar-refractivity contribution in [2.75, 3.05) is 20.1 Å². The highest BCUT2D eigenvalue weighted by Crippen LogP contribution is 2.34.